The minimum atomic E-state index is -4.64. The van der Waals surface area contributed by atoms with Crippen LogP contribution >= 0.6 is 0 Å². The number of hydrogen-bond acceptors (Lipinski definition) is 4. The van der Waals surface area contributed by atoms with Crippen LogP contribution in [0.1, 0.15) is 76.1 Å². The first-order valence-corrected chi connectivity index (χ1v) is 10.5. The molecule has 0 aliphatic carbocycles. The average molecular weight is 457 g/mol. The fourth-order valence-corrected chi connectivity index (χ4v) is 2.70. The monoisotopic (exact) mass is 456 g/mol. The molecule has 0 saturated carbocycles. The molecule has 1 amide bonds. The second-order valence-electron chi connectivity index (χ2n) is 9.40. The van der Waals surface area contributed by atoms with Crippen LogP contribution in [0.2, 0.25) is 0 Å². The minimum absolute atomic E-state index is 0.0132. The van der Waals surface area contributed by atoms with E-state index in [0.29, 0.717) is 18.4 Å². The summed E-state index contributed by atoms with van der Waals surface area (Å²) in [6, 6.07) is 2.59. The molecule has 178 valence electrons. The Morgan fingerprint density at radius 3 is 2.38 bits per heavy atom. The highest BCUT2D eigenvalue weighted by Gasteiger charge is 2.32. The van der Waals surface area contributed by atoms with E-state index < -0.39 is 23.2 Å². The maximum atomic E-state index is 13.3. The number of carbonyl (C=O) groups excluding carboxylic acids is 1. The first-order chi connectivity index (χ1) is 14.6. The summed E-state index contributed by atoms with van der Waals surface area (Å²) in [6.45, 7) is 11.1. The van der Waals surface area contributed by atoms with Gasteiger partial charge in [0.1, 0.15) is 18.1 Å². The number of nitrogens with zero attached hydrogens (tertiary/aromatic N) is 2. The molecule has 32 heavy (non-hydrogen) atoms. The average Bonchev–Trinajstić information content (AvgIpc) is 3.06. The molecular weight excluding hydrogens is 425 g/mol. The predicted octanol–water partition coefficient (Wildman–Crippen LogP) is 5.09. The standard InChI is InChI=1S/C23H31F3N2O4/c1-7-8-11-28-13-18(21(2,3)4)32-20(28)27-19(29)16-12-15(23(24,25)26)9-10-17(16)31-14-22(5,6)30/h9-10,12-13,30H,7-8,11,14H2,1-6H3/b27-20-. The maximum absolute atomic E-state index is 13.3. The summed E-state index contributed by atoms with van der Waals surface area (Å²) in [5.41, 5.74) is -2.94. The van der Waals surface area contributed by atoms with Crippen molar-refractivity contribution >= 4 is 5.91 Å². The zero-order chi connectivity index (χ0) is 24.3. The topological polar surface area (TPSA) is 77.0 Å². The van der Waals surface area contributed by atoms with Gasteiger partial charge in [0, 0.05) is 18.2 Å². The van der Waals surface area contributed by atoms with Crippen LogP contribution in [0.25, 0.3) is 0 Å². The Hall–Kier alpha value is -2.55. The molecule has 2 aromatic rings. The highest BCUT2D eigenvalue weighted by Crippen LogP contribution is 2.33. The van der Waals surface area contributed by atoms with Crippen LogP contribution in [0, 0.1) is 0 Å². The number of aryl methyl sites for hydroxylation is 1. The molecule has 0 unspecified atom stereocenters. The Bertz CT molecular complexity index is 1010. The summed E-state index contributed by atoms with van der Waals surface area (Å²) in [5.74, 6) is -0.429. The van der Waals surface area contributed by atoms with E-state index in [1.807, 2.05) is 27.7 Å². The Labute approximate surface area is 185 Å². The van der Waals surface area contributed by atoms with Crippen molar-refractivity contribution in [2.24, 2.45) is 4.99 Å². The van der Waals surface area contributed by atoms with Gasteiger partial charge in [-0.3, -0.25) is 9.36 Å². The van der Waals surface area contributed by atoms with E-state index in [9.17, 15) is 23.1 Å². The molecule has 1 aromatic carbocycles. The lowest BCUT2D eigenvalue weighted by atomic mass is 9.94. The molecule has 0 radical (unpaired) electrons. The highest BCUT2D eigenvalue weighted by molar-refractivity contribution is 5.97. The highest BCUT2D eigenvalue weighted by atomic mass is 19.4. The number of hydrogen-bond donors (Lipinski definition) is 1. The maximum Gasteiger partial charge on any atom is 0.416 e. The second kappa shape index (κ2) is 9.52. The predicted molar refractivity (Wildman–Crippen MR) is 113 cm³/mol. The summed E-state index contributed by atoms with van der Waals surface area (Å²) in [7, 11) is 0. The van der Waals surface area contributed by atoms with Gasteiger partial charge in [0.2, 0.25) is 0 Å². The number of aromatic nitrogens is 1. The fourth-order valence-electron chi connectivity index (χ4n) is 2.70. The molecule has 1 N–H and O–H groups in total. The van der Waals surface area contributed by atoms with E-state index >= 15 is 0 Å². The number of oxazole rings is 1. The van der Waals surface area contributed by atoms with Crippen molar-refractivity contribution in [1.82, 2.24) is 4.57 Å². The molecule has 0 aliphatic heterocycles. The minimum Gasteiger partial charge on any atom is -0.490 e. The van der Waals surface area contributed by atoms with Gasteiger partial charge in [-0.2, -0.15) is 18.2 Å². The number of aliphatic hydroxyl groups is 1. The van der Waals surface area contributed by atoms with Crippen LogP contribution in [0.3, 0.4) is 0 Å². The molecular formula is C23H31F3N2O4. The SMILES string of the molecule is CCCCn1cc(C(C)(C)C)o/c1=N\C(=O)c1cc(C(F)(F)F)ccc1OCC(C)(C)O. The Morgan fingerprint density at radius 2 is 1.84 bits per heavy atom. The van der Waals surface area contributed by atoms with Crippen LogP contribution in [0.4, 0.5) is 13.2 Å². The van der Waals surface area contributed by atoms with Gasteiger partial charge in [-0.05, 0) is 38.5 Å². The first-order valence-electron chi connectivity index (χ1n) is 10.5. The summed E-state index contributed by atoms with van der Waals surface area (Å²) in [6.07, 6.45) is -1.17. The number of unbranched alkanes of at least 4 members (excludes halogenated alkanes) is 1. The number of rotatable bonds is 7. The van der Waals surface area contributed by atoms with E-state index in [-0.39, 0.29) is 29.0 Å². The summed E-state index contributed by atoms with van der Waals surface area (Å²) >= 11 is 0. The quantitative estimate of drug-likeness (QED) is 0.630. The van der Waals surface area contributed by atoms with E-state index in [1.54, 1.807) is 10.8 Å². The van der Waals surface area contributed by atoms with E-state index in [1.165, 1.54) is 13.8 Å². The smallest absolute Gasteiger partial charge is 0.416 e. The molecule has 0 saturated heterocycles. The van der Waals surface area contributed by atoms with E-state index in [0.717, 1.165) is 25.0 Å². The Kier molecular flexibility index (Phi) is 7.65. The third-order valence-electron chi connectivity index (χ3n) is 4.53. The molecule has 1 heterocycles. The molecule has 2 rings (SSSR count). The lowest BCUT2D eigenvalue weighted by Gasteiger charge is -2.19. The first kappa shape index (κ1) is 25.7. The summed E-state index contributed by atoms with van der Waals surface area (Å²) in [5, 5.41) is 9.89. The largest absolute Gasteiger partial charge is 0.490 e. The van der Waals surface area contributed by atoms with Crippen molar-refractivity contribution in [3.63, 3.8) is 0 Å². The van der Waals surface area contributed by atoms with Gasteiger partial charge >= 0.3 is 11.9 Å². The Balaban J connectivity index is 2.57. The van der Waals surface area contributed by atoms with Gasteiger partial charge in [0.25, 0.3) is 5.91 Å². The van der Waals surface area contributed by atoms with Crippen molar-refractivity contribution in [2.45, 2.75) is 78.1 Å². The molecule has 0 bridgehead atoms. The molecule has 0 aliphatic rings. The number of carbonyl (C=O) groups is 1. The van der Waals surface area contributed by atoms with E-state index in [2.05, 4.69) is 4.99 Å². The number of benzene rings is 1. The zero-order valence-corrected chi connectivity index (χ0v) is 19.3. The van der Waals surface area contributed by atoms with Gasteiger partial charge in [-0.15, -0.1) is 0 Å². The van der Waals surface area contributed by atoms with Gasteiger partial charge < -0.3 is 14.3 Å². The van der Waals surface area contributed by atoms with Crippen molar-refractivity contribution in [3.8, 4) is 5.75 Å². The molecule has 9 heteroatoms. The van der Waals surface area contributed by atoms with Gasteiger partial charge in [-0.1, -0.05) is 34.1 Å². The normalized spacial score (nSPS) is 13.5. The number of amides is 1. The van der Waals surface area contributed by atoms with Crippen molar-refractivity contribution < 1.29 is 32.2 Å². The molecule has 6 nitrogen and oxygen atoms in total. The molecule has 0 fully saturated rings. The third kappa shape index (κ3) is 6.98. The van der Waals surface area contributed by atoms with Crippen molar-refractivity contribution in [2.75, 3.05) is 6.61 Å². The van der Waals surface area contributed by atoms with Crippen LogP contribution in [0.5, 0.6) is 5.75 Å². The summed E-state index contributed by atoms with van der Waals surface area (Å²) in [4.78, 5) is 17.0. The second-order valence-corrected chi connectivity index (χ2v) is 9.40. The zero-order valence-electron chi connectivity index (χ0n) is 19.3. The fraction of sp³-hybridized carbons (Fsp3) is 0.565. The van der Waals surface area contributed by atoms with Gasteiger partial charge in [0.15, 0.2) is 0 Å². The van der Waals surface area contributed by atoms with Crippen LogP contribution in [-0.4, -0.2) is 27.8 Å². The van der Waals surface area contributed by atoms with Gasteiger partial charge in [-0.25, -0.2) is 0 Å². The summed E-state index contributed by atoms with van der Waals surface area (Å²) < 4.78 is 52.7. The number of halogens is 3. The lowest BCUT2D eigenvalue weighted by molar-refractivity contribution is -0.137. The van der Waals surface area contributed by atoms with Crippen LogP contribution < -0.4 is 10.4 Å². The molecule has 1 aromatic heterocycles. The van der Waals surface area contributed by atoms with Gasteiger partial charge in [0.05, 0.1) is 16.7 Å². The number of ether oxygens (including phenoxy) is 1. The van der Waals surface area contributed by atoms with Crippen LogP contribution in [-0.2, 0) is 18.1 Å². The lowest BCUT2D eigenvalue weighted by Crippen LogP contribution is -2.28. The molecule has 0 atom stereocenters. The van der Waals surface area contributed by atoms with Crippen molar-refractivity contribution in [1.29, 1.82) is 0 Å². The van der Waals surface area contributed by atoms with Crippen molar-refractivity contribution in [3.05, 3.63) is 47.0 Å². The van der Waals surface area contributed by atoms with Crippen LogP contribution in [0.15, 0.2) is 33.8 Å². The third-order valence-corrected chi connectivity index (χ3v) is 4.53. The molecule has 0 spiro atoms. The Morgan fingerprint density at radius 1 is 1.19 bits per heavy atom. The number of alkyl halides is 3. The van der Waals surface area contributed by atoms with E-state index in [4.69, 9.17) is 9.15 Å².